The van der Waals surface area contributed by atoms with Gasteiger partial charge in [-0.25, -0.2) is 4.39 Å². The Bertz CT molecular complexity index is 706. The third kappa shape index (κ3) is 3.35. The van der Waals surface area contributed by atoms with Crippen LogP contribution in [-0.4, -0.2) is 4.57 Å². The number of rotatable bonds is 4. The van der Waals surface area contributed by atoms with E-state index in [0.717, 1.165) is 17.7 Å². The zero-order valence-corrected chi connectivity index (χ0v) is 13.2. The lowest BCUT2D eigenvalue weighted by molar-refractivity contribution is 0.627. The van der Waals surface area contributed by atoms with Gasteiger partial charge in [0, 0.05) is 18.2 Å². The van der Waals surface area contributed by atoms with Gasteiger partial charge in [-0.1, -0.05) is 31.5 Å². The molecule has 0 aliphatic rings. The number of hydrogen-bond acceptors (Lipinski definition) is 1. The first kappa shape index (κ1) is 15.8. The van der Waals surface area contributed by atoms with E-state index in [1.165, 1.54) is 12.1 Å². The maximum atomic E-state index is 13.3. The number of hydrogen-bond donors (Lipinski definition) is 0. The molecule has 0 atom stereocenters. The fourth-order valence-corrected chi connectivity index (χ4v) is 2.80. The summed E-state index contributed by atoms with van der Waals surface area (Å²) in [4.78, 5) is 12.1. The summed E-state index contributed by atoms with van der Waals surface area (Å²) in [7, 11) is 0. The van der Waals surface area contributed by atoms with Gasteiger partial charge in [0.1, 0.15) is 5.82 Å². The number of nitrogens with zero attached hydrogens (tertiary/aromatic N) is 1. The SMILES string of the molecule is CCn1c(-c2ccc(F)cc2Cl)c(CC(C)C)ccc1=O. The summed E-state index contributed by atoms with van der Waals surface area (Å²) in [5.74, 6) is 0.0706. The summed E-state index contributed by atoms with van der Waals surface area (Å²) in [6.07, 6.45) is 0.837. The number of halogens is 2. The summed E-state index contributed by atoms with van der Waals surface area (Å²) >= 11 is 6.20. The molecule has 1 aromatic carbocycles. The smallest absolute Gasteiger partial charge is 0.250 e. The van der Waals surface area contributed by atoms with E-state index in [1.807, 2.05) is 13.0 Å². The Morgan fingerprint density at radius 1 is 1.24 bits per heavy atom. The Morgan fingerprint density at radius 2 is 1.95 bits per heavy atom. The molecule has 2 aromatic rings. The predicted octanol–water partition coefficient (Wildman–Crippen LogP) is 4.53. The van der Waals surface area contributed by atoms with Crippen molar-refractivity contribution in [3.8, 4) is 11.3 Å². The summed E-state index contributed by atoms with van der Waals surface area (Å²) < 4.78 is 15.0. The van der Waals surface area contributed by atoms with Crippen molar-refractivity contribution in [2.45, 2.75) is 33.7 Å². The van der Waals surface area contributed by atoms with Gasteiger partial charge in [0.2, 0.25) is 0 Å². The topological polar surface area (TPSA) is 22.0 Å². The van der Waals surface area contributed by atoms with Gasteiger partial charge in [-0.3, -0.25) is 4.79 Å². The Kier molecular flexibility index (Phi) is 4.84. The van der Waals surface area contributed by atoms with Crippen LogP contribution in [0.1, 0.15) is 26.3 Å². The maximum Gasteiger partial charge on any atom is 0.250 e. The molecular formula is C17H19ClFNO. The molecule has 21 heavy (non-hydrogen) atoms. The van der Waals surface area contributed by atoms with Crippen molar-refractivity contribution < 1.29 is 4.39 Å². The second-order valence-electron chi connectivity index (χ2n) is 5.51. The van der Waals surface area contributed by atoms with Gasteiger partial charge in [0.25, 0.3) is 5.56 Å². The molecule has 0 N–H and O–H groups in total. The molecule has 2 nitrogen and oxygen atoms in total. The lowest BCUT2D eigenvalue weighted by Gasteiger charge is -2.18. The highest BCUT2D eigenvalue weighted by Gasteiger charge is 2.15. The third-order valence-electron chi connectivity index (χ3n) is 3.40. The van der Waals surface area contributed by atoms with Crippen molar-refractivity contribution in [1.82, 2.24) is 4.57 Å². The number of pyridine rings is 1. The van der Waals surface area contributed by atoms with Crippen LogP contribution in [0.15, 0.2) is 35.1 Å². The maximum absolute atomic E-state index is 13.3. The van der Waals surface area contributed by atoms with Gasteiger partial charge in [-0.15, -0.1) is 0 Å². The van der Waals surface area contributed by atoms with Crippen molar-refractivity contribution >= 4 is 11.6 Å². The van der Waals surface area contributed by atoms with E-state index >= 15 is 0 Å². The average Bonchev–Trinajstić information content (AvgIpc) is 2.40. The molecule has 0 unspecified atom stereocenters. The molecule has 0 radical (unpaired) electrons. The van der Waals surface area contributed by atoms with E-state index in [0.29, 0.717) is 23.0 Å². The van der Waals surface area contributed by atoms with Gasteiger partial charge in [0.15, 0.2) is 0 Å². The highest BCUT2D eigenvalue weighted by atomic mass is 35.5. The highest BCUT2D eigenvalue weighted by molar-refractivity contribution is 6.33. The van der Waals surface area contributed by atoms with Crippen molar-refractivity contribution in [3.63, 3.8) is 0 Å². The Morgan fingerprint density at radius 3 is 2.52 bits per heavy atom. The fourth-order valence-electron chi connectivity index (χ4n) is 2.54. The van der Waals surface area contributed by atoms with Crippen molar-refractivity contribution in [2.24, 2.45) is 5.92 Å². The monoisotopic (exact) mass is 307 g/mol. The molecule has 0 amide bonds. The van der Waals surface area contributed by atoms with E-state index in [-0.39, 0.29) is 11.4 Å². The van der Waals surface area contributed by atoms with Gasteiger partial charge in [0.05, 0.1) is 10.7 Å². The van der Waals surface area contributed by atoms with Crippen molar-refractivity contribution in [2.75, 3.05) is 0 Å². The van der Waals surface area contributed by atoms with Crippen LogP contribution in [0, 0.1) is 11.7 Å². The second kappa shape index (κ2) is 6.44. The van der Waals surface area contributed by atoms with Crippen LogP contribution in [0.2, 0.25) is 5.02 Å². The van der Waals surface area contributed by atoms with Crippen LogP contribution < -0.4 is 5.56 Å². The zero-order valence-electron chi connectivity index (χ0n) is 12.5. The summed E-state index contributed by atoms with van der Waals surface area (Å²) in [5, 5.41) is 0.327. The van der Waals surface area contributed by atoms with Gasteiger partial charge >= 0.3 is 0 Å². The first-order valence-electron chi connectivity index (χ1n) is 7.12. The molecule has 2 rings (SSSR count). The summed E-state index contributed by atoms with van der Waals surface area (Å²) in [6, 6.07) is 7.74. The molecule has 0 aliphatic carbocycles. The molecule has 0 aliphatic heterocycles. The normalized spacial score (nSPS) is 11.1. The Labute approximate surface area is 129 Å². The van der Waals surface area contributed by atoms with Crippen molar-refractivity contribution in [3.05, 3.63) is 57.1 Å². The minimum absolute atomic E-state index is 0.0691. The van der Waals surface area contributed by atoms with Gasteiger partial charge < -0.3 is 4.57 Å². The highest BCUT2D eigenvalue weighted by Crippen LogP contribution is 2.31. The summed E-state index contributed by atoms with van der Waals surface area (Å²) in [5.41, 5.74) is 2.48. The molecule has 0 spiro atoms. The lowest BCUT2D eigenvalue weighted by atomic mass is 9.97. The Balaban J connectivity index is 2.74. The lowest BCUT2D eigenvalue weighted by Crippen LogP contribution is -2.22. The minimum Gasteiger partial charge on any atom is -0.308 e. The quantitative estimate of drug-likeness (QED) is 0.813. The van der Waals surface area contributed by atoms with E-state index in [9.17, 15) is 9.18 Å². The first-order valence-corrected chi connectivity index (χ1v) is 7.50. The molecule has 1 aromatic heterocycles. The van der Waals surface area contributed by atoms with E-state index in [4.69, 9.17) is 11.6 Å². The molecular weight excluding hydrogens is 289 g/mol. The van der Waals surface area contributed by atoms with Crippen LogP contribution in [0.3, 0.4) is 0 Å². The van der Waals surface area contributed by atoms with E-state index < -0.39 is 0 Å². The molecule has 0 saturated carbocycles. The van der Waals surface area contributed by atoms with Gasteiger partial charge in [-0.05, 0) is 43.0 Å². The van der Waals surface area contributed by atoms with E-state index in [2.05, 4.69) is 13.8 Å². The minimum atomic E-state index is -0.379. The third-order valence-corrected chi connectivity index (χ3v) is 3.71. The molecule has 112 valence electrons. The van der Waals surface area contributed by atoms with Crippen LogP contribution in [0.5, 0.6) is 0 Å². The molecule has 1 heterocycles. The zero-order chi connectivity index (χ0) is 15.6. The summed E-state index contributed by atoms with van der Waals surface area (Å²) in [6.45, 7) is 6.71. The average molecular weight is 308 g/mol. The van der Waals surface area contributed by atoms with Crippen LogP contribution in [0.25, 0.3) is 11.3 Å². The molecule has 4 heteroatoms. The largest absolute Gasteiger partial charge is 0.308 e. The van der Waals surface area contributed by atoms with E-state index in [1.54, 1.807) is 16.7 Å². The van der Waals surface area contributed by atoms with Crippen molar-refractivity contribution in [1.29, 1.82) is 0 Å². The predicted molar refractivity (Wildman–Crippen MR) is 85.3 cm³/mol. The van der Waals surface area contributed by atoms with Crippen LogP contribution in [0.4, 0.5) is 4.39 Å². The standard InChI is InChI=1S/C17H19ClFNO/c1-4-20-16(21)8-5-12(9-11(2)3)17(20)14-7-6-13(19)10-15(14)18/h5-8,10-11H,4,9H2,1-3H3. The molecule has 0 bridgehead atoms. The number of aromatic nitrogens is 1. The second-order valence-corrected chi connectivity index (χ2v) is 5.92. The first-order chi connectivity index (χ1) is 9.93. The fraction of sp³-hybridized carbons (Fsp3) is 0.353. The number of benzene rings is 1. The van der Waals surface area contributed by atoms with Crippen LogP contribution >= 0.6 is 11.6 Å². The Hall–Kier alpha value is -1.61. The molecule has 0 fully saturated rings. The van der Waals surface area contributed by atoms with Crippen LogP contribution in [-0.2, 0) is 13.0 Å². The molecule has 0 saturated heterocycles. The van der Waals surface area contributed by atoms with Gasteiger partial charge in [-0.2, -0.15) is 0 Å².